The number of alkyl halides is 1. The van der Waals surface area contributed by atoms with Gasteiger partial charge in [0.25, 0.3) is 5.56 Å². The zero-order chi connectivity index (χ0) is 28.2. The predicted octanol–water partition coefficient (Wildman–Crippen LogP) is 0.463. The third kappa shape index (κ3) is 4.79. The Morgan fingerprint density at radius 3 is 2.85 bits per heavy atom. The highest BCUT2D eigenvalue weighted by atomic mass is 32.7. The summed E-state index contributed by atoms with van der Waals surface area (Å²) in [5.74, 6) is 0.149. The van der Waals surface area contributed by atoms with E-state index in [1.165, 1.54) is 40.4 Å². The van der Waals surface area contributed by atoms with Gasteiger partial charge in [0.1, 0.15) is 35.8 Å². The molecule has 0 amide bonds. The Morgan fingerprint density at radius 2 is 2.05 bits per heavy atom. The minimum Gasteiger partial charge on any atom is -0.394 e. The molecule has 0 radical (unpaired) electrons. The fourth-order valence-corrected chi connectivity index (χ4v) is 6.34. The van der Waals surface area contributed by atoms with Crippen LogP contribution in [0.4, 0.5) is 10.2 Å². The lowest BCUT2D eigenvalue weighted by Gasteiger charge is -2.24. The number of aliphatic hydroxyl groups is 2. The first kappa shape index (κ1) is 27.2. The van der Waals surface area contributed by atoms with Crippen LogP contribution in [0.15, 0.2) is 36.0 Å². The Balaban J connectivity index is 1.16. The quantitative estimate of drug-likeness (QED) is 0.138. The van der Waals surface area contributed by atoms with Crippen molar-refractivity contribution in [2.45, 2.75) is 49.5 Å². The minimum atomic E-state index is -4.15. The predicted molar refractivity (Wildman–Crippen MR) is 138 cm³/mol. The number of aliphatic hydroxyl groups excluding tert-OH is 2. The Labute approximate surface area is 229 Å². The Hall–Kier alpha value is -2.96. The fraction of sp³-hybridized carbons (Fsp3) is 0.476. The number of halogens is 1. The van der Waals surface area contributed by atoms with Crippen molar-refractivity contribution in [3.05, 3.63) is 41.6 Å². The van der Waals surface area contributed by atoms with E-state index in [4.69, 9.17) is 24.3 Å². The third-order valence-corrected chi connectivity index (χ3v) is 8.40. The molecular weight excluding hydrogens is 574 g/mol. The summed E-state index contributed by atoms with van der Waals surface area (Å²) >= 11 is 4.05. The topological polar surface area (TPSA) is 215 Å². The molecular formula is C21H24FN8O8PS. The molecule has 0 saturated carbocycles. The van der Waals surface area contributed by atoms with Crippen LogP contribution in [0.1, 0.15) is 18.9 Å². The van der Waals surface area contributed by atoms with Gasteiger partial charge in [-0.2, -0.15) is 0 Å². The maximum absolute atomic E-state index is 15.1. The third-order valence-electron chi connectivity index (χ3n) is 6.76. The summed E-state index contributed by atoms with van der Waals surface area (Å²) in [6, 6.07) is 1.45. The molecule has 2 saturated heterocycles. The van der Waals surface area contributed by atoms with Crippen LogP contribution < -0.4 is 11.3 Å². The molecule has 8 atom stereocenters. The molecule has 214 valence electrons. The molecule has 16 nitrogen and oxygen atoms in total. The number of thiol groups is 1. The molecule has 0 spiro atoms. The maximum atomic E-state index is 15.1. The van der Waals surface area contributed by atoms with Crippen LogP contribution in [0.5, 0.6) is 0 Å². The summed E-state index contributed by atoms with van der Waals surface area (Å²) in [7, 11) is 0. The first-order chi connectivity index (χ1) is 19.2. The van der Waals surface area contributed by atoms with Crippen LogP contribution in [-0.2, 0) is 23.1 Å². The summed E-state index contributed by atoms with van der Waals surface area (Å²) in [6.45, 7) is -5.02. The standard InChI is InChI=1S/C21H24FN8O8PS/c22-13-15(32)12(37-21(13)29-2-1-10-17(29)25-7-27-19(10)33)5-35-39(34,40)38-11-3-9(4-31)36-20(11)30-8-28-14-16(23)24-6-26-18(14)30/h1-2,6-9,11-13,15,20-21,31-32H,3-5H2,(H,34,40)(H2,23,24,26)(H,25,27,33)/t9-,11+,12+,13-,15+,20+,21+,39?/m0/s1. The molecule has 1 unspecified atom stereocenters. The summed E-state index contributed by atoms with van der Waals surface area (Å²) in [5.41, 5.74) is 6.26. The number of hydrogen-bond donors (Lipinski definition) is 5. The Morgan fingerprint density at radius 1 is 1.23 bits per heavy atom. The molecule has 0 aromatic carbocycles. The van der Waals surface area contributed by atoms with E-state index in [-0.39, 0.29) is 29.9 Å². The number of nitrogen functional groups attached to an aromatic ring is 1. The second-order valence-electron chi connectivity index (χ2n) is 9.25. The van der Waals surface area contributed by atoms with Gasteiger partial charge in [-0.15, -0.1) is 0 Å². The highest BCUT2D eigenvalue weighted by Crippen LogP contribution is 2.57. The Kier molecular flexibility index (Phi) is 7.12. The number of imidazole rings is 1. The monoisotopic (exact) mass is 598 g/mol. The molecule has 6 rings (SSSR count). The van der Waals surface area contributed by atoms with E-state index < -0.39 is 62.0 Å². The number of aromatic amines is 1. The first-order valence-electron chi connectivity index (χ1n) is 12.0. The molecule has 2 fully saturated rings. The molecule has 19 heteroatoms. The normalized spacial score (nSPS) is 30.4. The van der Waals surface area contributed by atoms with E-state index in [0.717, 1.165) is 0 Å². The van der Waals surface area contributed by atoms with Crippen molar-refractivity contribution in [1.29, 1.82) is 0 Å². The van der Waals surface area contributed by atoms with Crippen LogP contribution in [0.3, 0.4) is 0 Å². The number of H-pyrrole nitrogens is 1. The first-order valence-corrected chi connectivity index (χ1v) is 14.7. The lowest BCUT2D eigenvalue weighted by molar-refractivity contribution is -0.0528. The summed E-state index contributed by atoms with van der Waals surface area (Å²) < 4.78 is 53.7. The van der Waals surface area contributed by atoms with Gasteiger partial charge in [0.2, 0.25) is 0 Å². The number of nitrogens with zero attached hydrogens (tertiary/aromatic N) is 6. The van der Waals surface area contributed by atoms with Crippen LogP contribution in [-0.4, -0.2) is 88.1 Å². The Bertz CT molecular complexity index is 1650. The van der Waals surface area contributed by atoms with Crippen molar-refractivity contribution in [2.75, 3.05) is 18.9 Å². The fourth-order valence-electron chi connectivity index (χ4n) is 4.85. The van der Waals surface area contributed by atoms with Crippen LogP contribution >= 0.6 is 19.0 Å². The van der Waals surface area contributed by atoms with Gasteiger partial charge in [0.05, 0.1) is 37.4 Å². The van der Waals surface area contributed by atoms with E-state index >= 15 is 4.39 Å². The molecule has 4 aromatic heterocycles. The lowest BCUT2D eigenvalue weighted by atomic mass is 10.1. The SMILES string of the molecule is Nc1ncnc2c1ncn2[C@@H]1O[C@H](CO)C[C@H]1OP(=O)(S)OC[C@H]1O[C@@H](n2ccc3c(=O)[nH]cnc32)[C@@H](F)[C@@H]1O. The van der Waals surface area contributed by atoms with Crippen molar-refractivity contribution in [3.8, 4) is 0 Å². The van der Waals surface area contributed by atoms with Gasteiger partial charge in [-0.3, -0.25) is 18.4 Å². The summed E-state index contributed by atoms with van der Waals surface area (Å²) in [4.78, 5) is 30.7. The molecule has 2 aliphatic rings. The van der Waals surface area contributed by atoms with E-state index in [2.05, 4.69) is 37.2 Å². The molecule has 0 aliphatic carbocycles. The number of aromatic nitrogens is 7. The molecule has 6 heterocycles. The van der Waals surface area contributed by atoms with E-state index in [9.17, 15) is 19.6 Å². The van der Waals surface area contributed by atoms with E-state index in [1.807, 2.05) is 0 Å². The summed E-state index contributed by atoms with van der Waals surface area (Å²) in [6.07, 6.45) is -3.28. The van der Waals surface area contributed by atoms with Crippen LogP contribution in [0, 0.1) is 0 Å². The number of hydrogen-bond acceptors (Lipinski definition) is 13. The zero-order valence-corrected chi connectivity index (χ0v) is 22.2. The number of rotatable bonds is 8. The summed E-state index contributed by atoms with van der Waals surface area (Å²) in [5, 5.41) is 20.4. The maximum Gasteiger partial charge on any atom is 0.386 e. The average Bonchev–Trinajstić information content (AvgIpc) is 3.69. The minimum absolute atomic E-state index is 0.124. The van der Waals surface area contributed by atoms with Gasteiger partial charge in [0, 0.05) is 12.6 Å². The largest absolute Gasteiger partial charge is 0.394 e. The highest BCUT2D eigenvalue weighted by molar-refractivity contribution is 8.44. The van der Waals surface area contributed by atoms with Gasteiger partial charge in [-0.05, 0) is 6.07 Å². The van der Waals surface area contributed by atoms with E-state index in [1.54, 1.807) is 0 Å². The number of nitrogens with one attached hydrogen (secondary N) is 1. The number of ether oxygens (including phenoxy) is 2. The second-order valence-corrected chi connectivity index (χ2v) is 12.1. The van der Waals surface area contributed by atoms with Crippen molar-refractivity contribution >= 4 is 47.1 Å². The number of anilines is 1. The van der Waals surface area contributed by atoms with E-state index in [0.29, 0.717) is 11.2 Å². The van der Waals surface area contributed by atoms with Crippen molar-refractivity contribution in [3.63, 3.8) is 0 Å². The van der Waals surface area contributed by atoms with Crippen LogP contribution in [0.25, 0.3) is 22.2 Å². The van der Waals surface area contributed by atoms with Gasteiger partial charge in [-0.1, -0.05) is 12.2 Å². The van der Waals surface area contributed by atoms with Gasteiger partial charge in [0.15, 0.2) is 30.1 Å². The second kappa shape index (κ2) is 10.5. The smallest absolute Gasteiger partial charge is 0.386 e. The van der Waals surface area contributed by atoms with Crippen LogP contribution in [0.2, 0.25) is 0 Å². The number of fused-ring (bicyclic) bond motifs is 2. The molecule has 5 N–H and O–H groups in total. The lowest BCUT2D eigenvalue weighted by Crippen LogP contribution is -2.31. The highest BCUT2D eigenvalue weighted by Gasteiger charge is 2.47. The molecule has 40 heavy (non-hydrogen) atoms. The van der Waals surface area contributed by atoms with Crippen molar-refractivity contribution in [2.24, 2.45) is 0 Å². The zero-order valence-electron chi connectivity index (χ0n) is 20.4. The molecule has 0 bridgehead atoms. The van der Waals surface area contributed by atoms with Crippen molar-refractivity contribution in [1.82, 2.24) is 34.1 Å². The average molecular weight is 599 g/mol. The van der Waals surface area contributed by atoms with Gasteiger partial charge < -0.3 is 35.0 Å². The molecule has 4 aromatic rings. The molecule has 2 aliphatic heterocycles. The van der Waals surface area contributed by atoms with Gasteiger partial charge in [-0.25, -0.2) is 28.9 Å². The number of nitrogens with two attached hydrogens (primary N) is 1. The van der Waals surface area contributed by atoms with Crippen molar-refractivity contribution < 1.29 is 37.7 Å². The van der Waals surface area contributed by atoms with Gasteiger partial charge >= 0.3 is 6.80 Å².